The third-order valence-corrected chi connectivity index (χ3v) is 6.82. The summed E-state index contributed by atoms with van der Waals surface area (Å²) < 4.78 is 55.6. The molecule has 2 atom stereocenters. The minimum absolute atomic E-state index is 0.0889. The molecule has 0 aromatic heterocycles. The van der Waals surface area contributed by atoms with Gasteiger partial charge in [0.2, 0.25) is 5.91 Å². The predicted molar refractivity (Wildman–Crippen MR) is 120 cm³/mol. The Labute approximate surface area is 196 Å². The van der Waals surface area contributed by atoms with Gasteiger partial charge in [-0.1, -0.05) is 60.7 Å². The van der Waals surface area contributed by atoms with Gasteiger partial charge in [0.25, 0.3) is 0 Å². The maximum absolute atomic E-state index is 15.7. The van der Waals surface area contributed by atoms with Crippen molar-refractivity contribution in [1.29, 1.82) is 0 Å². The van der Waals surface area contributed by atoms with Gasteiger partial charge in [-0.25, -0.2) is 4.39 Å². The summed E-state index contributed by atoms with van der Waals surface area (Å²) in [6, 6.07) is 17.9. The summed E-state index contributed by atoms with van der Waals surface area (Å²) in [6.45, 7) is -0.346. The molecule has 0 bridgehead atoms. The second-order valence-electron chi connectivity index (χ2n) is 9.27. The Balaban J connectivity index is 1.36. The quantitative estimate of drug-likeness (QED) is 0.534. The van der Waals surface area contributed by atoms with Gasteiger partial charge in [0.15, 0.2) is 0 Å². The summed E-state index contributed by atoms with van der Waals surface area (Å²) in [5, 5.41) is 0. The molecule has 2 aromatic rings. The van der Waals surface area contributed by atoms with E-state index in [1.54, 1.807) is 17.0 Å². The van der Waals surface area contributed by atoms with Crippen LogP contribution in [0, 0.1) is 0 Å². The summed E-state index contributed by atoms with van der Waals surface area (Å²) in [5.74, 6) is -2.31. The molecule has 1 aliphatic heterocycles. The Hall–Kier alpha value is -2.90. The number of piperidine rings is 1. The minimum Gasteiger partial charge on any atom is -0.342 e. The monoisotopic (exact) mass is 476 g/mol. The fourth-order valence-electron chi connectivity index (χ4n) is 4.76. The lowest BCUT2D eigenvalue weighted by Crippen LogP contribution is -2.53. The topological polar surface area (TPSA) is 40.6 Å². The highest BCUT2D eigenvalue weighted by atomic mass is 19.4. The molecule has 1 aliphatic carbocycles. The molecule has 1 saturated carbocycles. The summed E-state index contributed by atoms with van der Waals surface area (Å²) in [5.41, 5.74) is -0.0772. The lowest BCUT2D eigenvalue weighted by Gasteiger charge is -2.39. The molecule has 0 spiro atoms. The molecule has 34 heavy (non-hydrogen) atoms. The zero-order chi connectivity index (χ0) is 24.3. The lowest BCUT2D eigenvalue weighted by molar-refractivity contribution is -0.188. The van der Waals surface area contributed by atoms with E-state index in [1.165, 1.54) is 0 Å². The van der Waals surface area contributed by atoms with Gasteiger partial charge in [-0.3, -0.25) is 9.59 Å². The van der Waals surface area contributed by atoms with Crippen LogP contribution in [-0.2, 0) is 16.0 Å². The Morgan fingerprint density at radius 1 is 0.971 bits per heavy atom. The minimum atomic E-state index is -5.06. The number of carbonyl (C=O) groups is 2. The van der Waals surface area contributed by atoms with Crippen LogP contribution in [0.15, 0.2) is 60.7 Å². The van der Waals surface area contributed by atoms with Gasteiger partial charge in [-0.05, 0) is 24.0 Å². The van der Waals surface area contributed by atoms with Crippen LogP contribution in [0.1, 0.15) is 42.7 Å². The van der Waals surface area contributed by atoms with Crippen molar-refractivity contribution in [2.45, 2.75) is 55.9 Å². The van der Waals surface area contributed by atoms with E-state index in [9.17, 15) is 22.8 Å². The molecule has 8 heteroatoms. The maximum atomic E-state index is 15.7. The largest absolute Gasteiger partial charge is 0.471 e. The van der Waals surface area contributed by atoms with E-state index < -0.39 is 30.3 Å². The zero-order valence-electron chi connectivity index (χ0n) is 18.8. The number of hydrogen-bond donors (Lipinski definition) is 0. The maximum Gasteiger partial charge on any atom is 0.471 e. The van der Waals surface area contributed by atoms with Gasteiger partial charge in [0.05, 0.1) is 6.54 Å². The highest BCUT2D eigenvalue weighted by Crippen LogP contribution is 2.47. The number of aryl methyl sites for hydroxylation is 1. The summed E-state index contributed by atoms with van der Waals surface area (Å²) >= 11 is 0. The van der Waals surface area contributed by atoms with E-state index in [0.29, 0.717) is 24.2 Å². The van der Waals surface area contributed by atoms with Gasteiger partial charge in [-0.15, -0.1) is 0 Å². The molecule has 2 amide bonds. The van der Waals surface area contributed by atoms with Crippen molar-refractivity contribution >= 4 is 11.8 Å². The van der Waals surface area contributed by atoms with Crippen molar-refractivity contribution < 1.29 is 27.2 Å². The fourth-order valence-corrected chi connectivity index (χ4v) is 4.76. The smallest absolute Gasteiger partial charge is 0.342 e. The van der Waals surface area contributed by atoms with Crippen molar-refractivity contribution in [2.75, 3.05) is 19.6 Å². The molecule has 1 heterocycles. The Morgan fingerprint density at radius 3 is 2.15 bits per heavy atom. The number of likely N-dealkylation sites (tertiary alicyclic amines) is 1. The first kappa shape index (κ1) is 24.2. The van der Waals surface area contributed by atoms with Gasteiger partial charge >= 0.3 is 12.1 Å². The number of benzene rings is 2. The van der Waals surface area contributed by atoms with Crippen molar-refractivity contribution in [3.05, 3.63) is 71.8 Å². The normalized spacial score (nSPS) is 21.7. The van der Waals surface area contributed by atoms with Crippen LogP contribution < -0.4 is 0 Å². The van der Waals surface area contributed by atoms with Gasteiger partial charge in [-0.2, -0.15) is 13.2 Å². The molecule has 4 nitrogen and oxygen atoms in total. The molecule has 2 aromatic carbocycles. The average molecular weight is 477 g/mol. The second-order valence-corrected chi connectivity index (χ2v) is 9.27. The molecule has 182 valence electrons. The first-order valence-corrected chi connectivity index (χ1v) is 11.6. The standard InChI is InChI=1S/C26H28F4N2O2/c27-25(13-15-31(16-14-25)23(33)12-11-19-7-3-1-4-8-19)18-32(24(34)26(28,29)30)22-17-21(22)20-9-5-2-6-10-20/h1-10,21-22H,11-18H2. The summed E-state index contributed by atoms with van der Waals surface area (Å²) in [4.78, 5) is 27.0. The van der Waals surface area contributed by atoms with Crippen LogP contribution in [0.2, 0.25) is 0 Å². The van der Waals surface area contributed by atoms with E-state index in [1.807, 2.05) is 48.5 Å². The van der Waals surface area contributed by atoms with E-state index in [4.69, 9.17) is 0 Å². The molecule has 0 radical (unpaired) electrons. The molecular weight excluding hydrogens is 448 g/mol. The van der Waals surface area contributed by atoms with Crippen LogP contribution >= 0.6 is 0 Å². The molecule has 1 saturated heterocycles. The average Bonchev–Trinajstić information content (AvgIpc) is 3.63. The molecule has 2 unspecified atom stereocenters. The van der Waals surface area contributed by atoms with E-state index in [-0.39, 0.29) is 37.8 Å². The van der Waals surface area contributed by atoms with Crippen molar-refractivity contribution in [3.8, 4) is 0 Å². The molecular formula is C26H28F4N2O2. The van der Waals surface area contributed by atoms with Crippen LogP contribution in [0.3, 0.4) is 0 Å². The number of carbonyl (C=O) groups excluding carboxylic acids is 2. The number of nitrogens with zero attached hydrogens (tertiary/aromatic N) is 2. The first-order chi connectivity index (χ1) is 16.2. The Morgan fingerprint density at radius 2 is 1.56 bits per heavy atom. The fraction of sp³-hybridized carbons (Fsp3) is 0.462. The van der Waals surface area contributed by atoms with Crippen molar-refractivity contribution in [1.82, 2.24) is 9.80 Å². The van der Waals surface area contributed by atoms with Crippen LogP contribution in [0.5, 0.6) is 0 Å². The van der Waals surface area contributed by atoms with E-state index >= 15 is 4.39 Å². The van der Waals surface area contributed by atoms with Crippen molar-refractivity contribution in [2.24, 2.45) is 0 Å². The zero-order valence-corrected chi connectivity index (χ0v) is 18.8. The van der Waals surface area contributed by atoms with Crippen LogP contribution in [0.25, 0.3) is 0 Å². The number of amides is 2. The number of alkyl halides is 4. The van der Waals surface area contributed by atoms with E-state index in [2.05, 4.69) is 0 Å². The third kappa shape index (κ3) is 5.77. The highest BCUT2D eigenvalue weighted by molar-refractivity contribution is 5.83. The summed E-state index contributed by atoms with van der Waals surface area (Å²) in [6.07, 6.45) is -3.99. The first-order valence-electron chi connectivity index (χ1n) is 11.6. The third-order valence-electron chi connectivity index (χ3n) is 6.82. The summed E-state index contributed by atoms with van der Waals surface area (Å²) in [7, 11) is 0. The molecule has 0 N–H and O–H groups in total. The molecule has 2 aliphatic rings. The SMILES string of the molecule is O=C(CCc1ccccc1)N1CCC(F)(CN(C(=O)C(F)(F)F)C2CC2c2ccccc2)CC1. The number of rotatable bonds is 7. The van der Waals surface area contributed by atoms with Crippen LogP contribution in [-0.4, -0.2) is 59.1 Å². The van der Waals surface area contributed by atoms with Gasteiger partial charge in [0, 0.05) is 44.3 Å². The Bertz CT molecular complexity index is 989. The second kappa shape index (κ2) is 9.76. The predicted octanol–water partition coefficient (Wildman–Crippen LogP) is 4.90. The number of halogens is 4. The lowest BCUT2D eigenvalue weighted by atomic mass is 9.92. The van der Waals surface area contributed by atoms with Crippen LogP contribution in [0.4, 0.5) is 17.6 Å². The van der Waals surface area contributed by atoms with Gasteiger partial charge in [0.1, 0.15) is 5.67 Å². The number of hydrogen-bond acceptors (Lipinski definition) is 2. The Kier molecular flexibility index (Phi) is 6.96. The molecule has 2 fully saturated rings. The molecule has 4 rings (SSSR count). The van der Waals surface area contributed by atoms with E-state index in [0.717, 1.165) is 11.1 Å². The highest BCUT2D eigenvalue weighted by Gasteiger charge is 2.54. The van der Waals surface area contributed by atoms with Crippen molar-refractivity contribution in [3.63, 3.8) is 0 Å². The van der Waals surface area contributed by atoms with Gasteiger partial charge < -0.3 is 9.80 Å².